The maximum absolute atomic E-state index is 5.73. The standard InChI is InChI=1S/C16H32N2O/c1-4-16(3)13-18(14(2)9-10-17-16)11-5-7-15-8-6-12-19-15/h14-15,17H,4-13H2,1-3H3. The molecule has 0 aromatic rings. The van der Waals surface area contributed by atoms with Gasteiger partial charge in [0.15, 0.2) is 0 Å². The van der Waals surface area contributed by atoms with Gasteiger partial charge in [0.1, 0.15) is 0 Å². The lowest BCUT2D eigenvalue weighted by Crippen LogP contribution is -2.49. The number of nitrogens with zero attached hydrogens (tertiary/aromatic N) is 1. The van der Waals surface area contributed by atoms with Crippen molar-refractivity contribution in [1.82, 2.24) is 10.2 Å². The largest absolute Gasteiger partial charge is 0.378 e. The molecule has 19 heavy (non-hydrogen) atoms. The fourth-order valence-electron chi connectivity index (χ4n) is 3.36. The van der Waals surface area contributed by atoms with Crippen molar-refractivity contribution in [3.63, 3.8) is 0 Å². The van der Waals surface area contributed by atoms with Gasteiger partial charge in [0, 0.05) is 24.7 Å². The first-order valence-electron chi connectivity index (χ1n) is 8.23. The zero-order valence-electron chi connectivity index (χ0n) is 13.1. The van der Waals surface area contributed by atoms with Crippen LogP contribution < -0.4 is 5.32 Å². The van der Waals surface area contributed by atoms with Crippen molar-refractivity contribution in [1.29, 1.82) is 0 Å². The molecule has 0 amide bonds. The molecule has 0 radical (unpaired) electrons. The molecule has 2 aliphatic heterocycles. The van der Waals surface area contributed by atoms with Gasteiger partial charge < -0.3 is 10.1 Å². The van der Waals surface area contributed by atoms with Crippen LogP contribution in [0.5, 0.6) is 0 Å². The Bertz CT molecular complexity index is 265. The van der Waals surface area contributed by atoms with Crippen LogP contribution in [0.15, 0.2) is 0 Å². The molecule has 2 rings (SSSR count). The third-order valence-corrected chi connectivity index (χ3v) is 5.07. The molecule has 3 heteroatoms. The Labute approximate surface area is 119 Å². The Balaban J connectivity index is 1.78. The quantitative estimate of drug-likeness (QED) is 0.830. The number of nitrogens with one attached hydrogen (secondary N) is 1. The molecule has 112 valence electrons. The monoisotopic (exact) mass is 268 g/mol. The van der Waals surface area contributed by atoms with E-state index >= 15 is 0 Å². The molecule has 1 N–H and O–H groups in total. The molecule has 0 aromatic carbocycles. The highest BCUT2D eigenvalue weighted by atomic mass is 16.5. The number of hydrogen-bond acceptors (Lipinski definition) is 3. The zero-order chi connectivity index (χ0) is 13.7. The van der Waals surface area contributed by atoms with Gasteiger partial charge in [-0.2, -0.15) is 0 Å². The van der Waals surface area contributed by atoms with Gasteiger partial charge >= 0.3 is 0 Å². The number of hydrogen-bond donors (Lipinski definition) is 1. The van der Waals surface area contributed by atoms with Crippen LogP contribution in [-0.4, -0.2) is 48.8 Å². The van der Waals surface area contributed by atoms with Crippen LogP contribution in [0.2, 0.25) is 0 Å². The van der Waals surface area contributed by atoms with E-state index in [4.69, 9.17) is 4.74 Å². The molecule has 0 aromatic heterocycles. The van der Waals surface area contributed by atoms with E-state index in [2.05, 4.69) is 31.0 Å². The van der Waals surface area contributed by atoms with Gasteiger partial charge in [-0.15, -0.1) is 0 Å². The molecular weight excluding hydrogens is 236 g/mol. The minimum Gasteiger partial charge on any atom is -0.378 e. The minimum absolute atomic E-state index is 0.300. The molecule has 0 bridgehead atoms. The molecule has 0 saturated carbocycles. The maximum Gasteiger partial charge on any atom is 0.0576 e. The number of ether oxygens (including phenoxy) is 1. The van der Waals surface area contributed by atoms with Gasteiger partial charge in [-0.3, -0.25) is 4.90 Å². The van der Waals surface area contributed by atoms with Gasteiger partial charge in [-0.25, -0.2) is 0 Å². The molecule has 0 spiro atoms. The maximum atomic E-state index is 5.73. The first-order chi connectivity index (χ1) is 9.13. The van der Waals surface area contributed by atoms with Crippen LogP contribution in [0, 0.1) is 0 Å². The molecule has 2 heterocycles. The molecule has 0 aliphatic carbocycles. The summed E-state index contributed by atoms with van der Waals surface area (Å²) >= 11 is 0. The Morgan fingerprint density at radius 3 is 2.89 bits per heavy atom. The van der Waals surface area contributed by atoms with E-state index in [0.29, 0.717) is 17.7 Å². The lowest BCUT2D eigenvalue weighted by atomic mass is 9.98. The summed E-state index contributed by atoms with van der Waals surface area (Å²) in [6.07, 6.45) is 8.12. The van der Waals surface area contributed by atoms with Crippen LogP contribution in [0.4, 0.5) is 0 Å². The van der Waals surface area contributed by atoms with E-state index in [1.165, 1.54) is 51.6 Å². The van der Waals surface area contributed by atoms with E-state index < -0.39 is 0 Å². The predicted octanol–water partition coefficient (Wildman–Crippen LogP) is 2.80. The van der Waals surface area contributed by atoms with Crippen LogP contribution in [-0.2, 0) is 4.74 Å². The summed E-state index contributed by atoms with van der Waals surface area (Å²) in [4.78, 5) is 2.69. The summed E-state index contributed by atoms with van der Waals surface area (Å²) < 4.78 is 5.73. The van der Waals surface area contributed by atoms with Crippen LogP contribution in [0.25, 0.3) is 0 Å². The van der Waals surface area contributed by atoms with Gasteiger partial charge in [0.25, 0.3) is 0 Å². The van der Waals surface area contributed by atoms with Crippen molar-refractivity contribution >= 4 is 0 Å². The fraction of sp³-hybridized carbons (Fsp3) is 1.00. The minimum atomic E-state index is 0.300. The summed E-state index contributed by atoms with van der Waals surface area (Å²) in [7, 11) is 0. The van der Waals surface area contributed by atoms with Gasteiger partial charge in [0.05, 0.1) is 6.10 Å². The molecule has 2 aliphatic rings. The lowest BCUT2D eigenvalue weighted by Gasteiger charge is -2.35. The van der Waals surface area contributed by atoms with E-state index in [-0.39, 0.29) is 0 Å². The SMILES string of the molecule is CCC1(C)CN(CCCC2CCCO2)C(C)CCN1. The Morgan fingerprint density at radius 2 is 2.21 bits per heavy atom. The predicted molar refractivity (Wildman–Crippen MR) is 80.6 cm³/mol. The molecule has 3 atom stereocenters. The zero-order valence-corrected chi connectivity index (χ0v) is 13.1. The van der Waals surface area contributed by atoms with E-state index in [9.17, 15) is 0 Å². The topological polar surface area (TPSA) is 24.5 Å². The summed E-state index contributed by atoms with van der Waals surface area (Å²) in [6, 6.07) is 0.713. The van der Waals surface area contributed by atoms with Crippen LogP contribution in [0.1, 0.15) is 59.3 Å². The summed E-state index contributed by atoms with van der Waals surface area (Å²) in [5.74, 6) is 0. The van der Waals surface area contributed by atoms with Crippen molar-refractivity contribution in [3.8, 4) is 0 Å². The molecule has 3 nitrogen and oxygen atoms in total. The molecular formula is C16H32N2O. The van der Waals surface area contributed by atoms with Gasteiger partial charge in [-0.1, -0.05) is 6.92 Å². The second-order valence-corrected chi connectivity index (χ2v) is 6.73. The van der Waals surface area contributed by atoms with E-state index in [1.807, 2.05) is 0 Å². The fourth-order valence-corrected chi connectivity index (χ4v) is 3.36. The van der Waals surface area contributed by atoms with Crippen molar-refractivity contribution in [3.05, 3.63) is 0 Å². The smallest absolute Gasteiger partial charge is 0.0576 e. The highest BCUT2D eigenvalue weighted by molar-refractivity contribution is 4.90. The third-order valence-electron chi connectivity index (χ3n) is 5.07. The highest BCUT2D eigenvalue weighted by Gasteiger charge is 2.30. The van der Waals surface area contributed by atoms with E-state index in [1.54, 1.807) is 0 Å². The molecule has 2 saturated heterocycles. The number of rotatable bonds is 5. The molecule has 3 unspecified atom stereocenters. The van der Waals surface area contributed by atoms with Crippen LogP contribution >= 0.6 is 0 Å². The van der Waals surface area contributed by atoms with E-state index in [0.717, 1.165) is 13.2 Å². The lowest BCUT2D eigenvalue weighted by molar-refractivity contribution is 0.0943. The summed E-state index contributed by atoms with van der Waals surface area (Å²) in [6.45, 7) is 11.6. The first kappa shape index (κ1) is 15.3. The first-order valence-corrected chi connectivity index (χ1v) is 8.23. The second kappa shape index (κ2) is 7.05. The van der Waals surface area contributed by atoms with Crippen molar-refractivity contribution in [2.45, 2.75) is 77.0 Å². The highest BCUT2D eigenvalue weighted by Crippen LogP contribution is 2.21. The van der Waals surface area contributed by atoms with Gasteiger partial charge in [-0.05, 0) is 65.5 Å². The summed E-state index contributed by atoms with van der Waals surface area (Å²) in [5.41, 5.74) is 0.300. The Kier molecular flexibility index (Phi) is 5.67. The third kappa shape index (κ3) is 4.44. The average molecular weight is 268 g/mol. The van der Waals surface area contributed by atoms with Gasteiger partial charge in [0.2, 0.25) is 0 Å². The Hall–Kier alpha value is -0.120. The normalized spacial score (nSPS) is 37.4. The van der Waals surface area contributed by atoms with Crippen molar-refractivity contribution in [2.75, 3.05) is 26.2 Å². The van der Waals surface area contributed by atoms with Crippen molar-refractivity contribution < 1.29 is 4.74 Å². The summed E-state index contributed by atoms with van der Waals surface area (Å²) in [5, 5.41) is 3.73. The molecule has 2 fully saturated rings. The van der Waals surface area contributed by atoms with Crippen LogP contribution in [0.3, 0.4) is 0 Å². The average Bonchev–Trinajstić information content (AvgIpc) is 2.85. The van der Waals surface area contributed by atoms with Crippen molar-refractivity contribution in [2.24, 2.45) is 0 Å². The second-order valence-electron chi connectivity index (χ2n) is 6.73. The Morgan fingerprint density at radius 1 is 1.37 bits per heavy atom.